The average Bonchev–Trinajstić information content (AvgIpc) is 2.09. The molecule has 0 aliphatic carbocycles. The van der Waals surface area contributed by atoms with Gasteiger partial charge in [-0.05, 0) is 20.4 Å². The third-order valence-electron chi connectivity index (χ3n) is 2.42. The highest BCUT2D eigenvalue weighted by Gasteiger charge is 2.37. The van der Waals surface area contributed by atoms with Gasteiger partial charge in [0.2, 0.25) is 0 Å². The largest absolute Gasteiger partial charge is 0.394 e. The number of likely N-dealkylation sites (N-methyl/N-ethyl adjacent to an activating group) is 1. The van der Waals surface area contributed by atoms with Crippen molar-refractivity contribution in [2.45, 2.75) is 24.1 Å². The van der Waals surface area contributed by atoms with Crippen LogP contribution in [0.4, 0.5) is 0 Å². The predicted octanol–water partition coefficient (Wildman–Crippen LogP) is 0.371. The summed E-state index contributed by atoms with van der Waals surface area (Å²) in [6.45, 7) is 3.30. The van der Waals surface area contributed by atoms with Gasteiger partial charge in [-0.2, -0.15) is 12.6 Å². The summed E-state index contributed by atoms with van der Waals surface area (Å²) in [5.74, 6) is 0. The number of hydrogen-bond acceptors (Lipinski definition) is 3. The minimum atomic E-state index is -0.0214. The molecule has 1 saturated heterocycles. The van der Waals surface area contributed by atoms with E-state index < -0.39 is 0 Å². The van der Waals surface area contributed by atoms with E-state index in [1.165, 1.54) is 0 Å². The van der Waals surface area contributed by atoms with Gasteiger partial charge in [0.25, 0.3) is 0 Å². The summed E-state index contributed by atoms with van der Waals surface area (Å²) in [5, 5.41) is 9.47. The van der Waals surface area contributed by atoms with Crippen molar-refractivity contribution in [3.05, 3.63) is 0 Å². The van der Waals surface area contributed by atoms with E-state index in [-0.39, 0.29) is 12.1 Å². The lowest BCUT2D eigenvalue weighted by Crippen LogP contribution is -2.41. The fraction of sp³-hybridized carbons (Fsp3) is 1.00. The molecule has 1 aliphatic heterocycles. The van der Waals surface area contributed by atoms with E-state index in [1.54, 1.807) is 0 Å². The molecule has 0 amide bonds. The Balaban J connectivity index is 2.61. The summed E-state index contributed by atoms with van der Waals surface area (Å²) in [5.41, 5.74) is -0.0214. The molecule has 2 atom stereocenters. The number of hydrogen-bond donors (Lipinski definition) is 2. The van der Waals surface area contributed by atoms with Gasteiger partial charge in [-0.1, -0.05) is 0 Å². The Labute approximate surface area is 67.6 Å². The molecule has 1 rings (SSSR count). The first-order valence-corrected chi connectivity index (χ1v) is 4.10. The van der Waals surface area contributed by atoms with E-state index in [0.717, 1.165) is 13.0 Å². The molecule has 0 spiro atoms. The Bertz CT molecular complexity index is 131. The zero-order chi connectivity index (χ0) is 7.78. The minimum Gasteiger partial charge on any atom is -0.394 e. The molecule has 60 valence electrons. The first-order valence-electron chi connectivity index (χ1n) is 3.59. The fourth-order valence-electron chi connectivity index (χ4n) is 1.45. The Kier molecular flexibility index (Phi) is 2.28. The van der Waals surface area contributed by atoms with Gasteiger partial charge in [-0.15, -0.1) is 0 Å². The van der Waals surface area contributed by atoms with Gasteiger partial charge in [0.1, 0.15) is 0 Å². The van der Waals surface area contributed by atoms with Gasteiger partial charge in [-0.3, -0.25) is 4.90 Å². The lowest BCUT2D eigenvalue weighted by atomic mass is 10.0. The van der Waals surface area contributed by atoms with Crippen molar-refractivity contribution in [1.29, 1.82) is 0 Å². The number of nitrogens with zero attached hydrogens (tertiary/aromatic N) is 1. The van der Waals surface area contributed by atoms with E-state index in [9.17, 15) is 0 Å². The molecule has 0 radical (unpaired) electrons. The molecule has 0 aromatic rings. The topological polar surface area (TPSA) is 23.5 Å². The van der Waals surface area contributed by atoms with Crippen LogP contribution >= 0.6 is 12.6 Å². The maximum absolute atomic E-state index is 9.04. The normalized spacial score (nSPS) is 42.6. The van der Waals surface area contributed by atoms with Crippen LogP contribution in [0.25, 0.3) is 0 Å². The van der Waals surface area contributed by atoms with Gasteiger partial charge in [0, 0.05) is 17.3 Å². The van der Waals surface area contributed by atoms with Crippen LogP contribution in [0.15, 0.2) is 0 Å². The standard InChI is InChI=1S/C7H15NOS/c1-7(5-9)3-6(10)4-8(7)2/h6,9-10H,3-5H2,1-2H3. The van der Waals surface area contributed by atoms with Crippen molar-refractivity contribution in [3.8, 4) is 0 Å². The van der Waals surface area contributed by atoms with Crippen LogP contribution in [0.2, 0.25) is 0 Å². The SMILES string of the molecule is CN1CC(S)CC1(C)CO. The van der Waals surface area contributed by atoms with Crippen molar-refractivity contribution in [2.75, 3.05) is 20.2 Å². The average molecular weight is 161 g/mol. The second kappa shape index (κ2) is 2.72. The quantitative estimate of drug-likeness (QED) is 0.543. The molecule has 2 unspecified atom stereocenters. The van der Waals surface area contributed by atoms with Crippen LogP contribution in [0.1, 0.15) is 13.3 Å². The second-order valence-electron chi connectivity index (χ2n) is 3.39. The predicted molar refractivity (Wildman–Crippen MR) is 45.5 cm³/mol. The Morgan fingerprint density at radius 1 is 1.80 bits per heavy atom. The van der Waals surface area contributed by atoms with Gasteiger partial charge in [0.05, 0.1) is 6.61 Å². The van der Waals surface area contributed by atoms with Crippen molar-refractivity contribution >= 4 is 12.6 Å². The second-order valence-corrected chi connectivity index (χ2v) is 4.12. The van der Waals surface area contributed by atoms with Gasteiger partial charge in [-0.25, -0.2) is 0 Å². The van der Waals surface area contributed by atoms with Crippen molar-refractivity contribution in [2.24, 2.45) is 0 Å². The zero-order valence-electron chi connectivity index (χ0n) is 6.54. The number of likely N-dealkylation sites (tertiary alicyclic amines) is 1. The lowest BCUT2D eigenvalue weighted by molar-refractivity contribution is 0.100. The Morgan fingerprint density at radius 3 is 2.60 bits per heavy atom. The molecule has 1 N–H and O–H groups in total. The van der Waals surface area contributed by atoms with Crippen LogP contribution in [-0.2, 0) is 0 Å². The smallest absolute Gasteiger partial charge is 0.0613 e. The molecule has 0 bridgehead atoms. The van der Waals surface area contributed by atoms with Crippen molar-refractivity contribution in [1.82, 2.24) is 4.90 Å². The molecule has 0 aromatic carbocycles. The van der Waals surface area contributed by atoms with Crippen LogP contribution in [-0.4, -0.2) is 41.0 Å². The summed E-state index contributed by atoms with van der Waals surface area (Å²) in [6, 6.07) is 0. The number of thiol groups is 1. The molecule has 0 aromatic heterocycles. The van der Waals surface area contributed by atoms with E-state index in [1.807, 2.05) is 7.05 Å². The van der Waals surface area contributed by atoms with Crippen LogP contribution in [0, 0.1) is 0 Å². The van der Waals surface area contributed by atoms with Gasteiger partial charge < -0.3 is 5.11 Å². The van der Waals surface area contributed by atoms with E-state index in [2.05, 4.69) is 24.5 Å². The highest BCUT2D eigenvalue weighted by molar-refractivity contribution is 7.81. The summed E-state index contributed by atoms with van der Waals surface area (Å²) < 4.78 is 0. The monoisotopic (exact) mass is 161 g/mol. The third-order valence-corrected chi connectivity index (χ3v) is 2.77. The maximum atomic E-state index is 9.04. The first kappa shape index (κ1) is 8.37. The molecule has 1 aliphatic rings. The molecular weight excluding hydrogens is 146 g/mol. The van der Waals surface area contributed by atoms with Gasteiger partial charge in [0.15, 0.2) is 0 Å². The molecule has 0 saturated carbocycles. The summed E-state index contributed by atoms with van der Waals surface area (Å²) in [7, 11) is 2.03. The highest BCUT2D eigenvalue weighted by atomic mass is 32.1. The molecule has 2 nitrogen and oxygen atoms in total. The Morgan fingerprint density at radius 2 is 2.40 bits per heavy atom. The Hall–Kier alpha value is 0.270. The first-order chi connectivity index (χ1) is 4.58. The molecule has 1 heterocycles. The molecule has 10 heavy (non-hydrogen) atoms. The maximum Gasteiger partial charge on any atom is 0.0613 e. The zero-order valence-corrected chi connectivity index (χ0v) is 7.43. The lowest BCUT2D eigenvalue weighted by Gasteiger charge is -2.29. The molecular formula is C7H15NOS. The fourth-order valence-corrected chi connectivity index (χ4v) is 2.09. The summed E-state index contributed by atoms with van der Waals surface area (Å²) in [4.78, 5) is 2.17. The minimum absolute atomic E-state index is 0.0214. The van der Waals surface area contributed by atoms with Crippen molar-refractivity contribution < 1.29 is 5.11 Å². The number of aliphatic hydroxyl groups is 1. The van der Waals surface area contributed by atoms with E-state index in [4.69, 9.17) is 5.11 Å². The molecule has 3 heteroatoms. The van der Waals surface area contributed by atoms with Crippen LogP contribution in [0.5, 0.6) is 0 Å². The van der Waals surface area contributed by atoms with Crippen molar-refractivity contribution in [3.63, 3.8) is 0 Å². The van der Waals surface area contributed by atoms with E-state index >= 15 is 0 Å². The van der Waals surface area contributed by atoms with E-state index in [0.29, 0.717) is 5.25 Å². The number of rotatable bonds is 1. The van der Waals surface area contributed by atoms with Gasteiger partial charge >= 0.3 is 0 Å². The third kappa shape index (κ3) is 1.31. The summed E-state index contributed by atoms with van der Waals surface area (Å²) >= 11 is 4.37. The molecule has 1 fully saturated rings. The highest BCUT2D eigenvalue weighted by Crippen LogP contribution is 2.29. The van der Waals surface area contributed by atoms with Crippen LogP contribution < -0.4 is 0 Å². The summed E-state index contributed by atoms with van der Waals surface area (Å²) in [6.07, 6.45) is 0.989. The number of aliphatic hydroxyl groups excluding tert-OH is 1. The van der Waals surface area contributed by atoms with Crippen LogP contribution in [0.3, 0.4) is 0 Å².